The molecule has 84 valence electrons. The lowest BCUT2D eigenvalue weighted by molar-refractivity contribution is 1.50. The van der Waals surface area contributed by atoms with Crippen molar-refractivity contribution < 1.29 is 0 Å². The molecule has 1 rings (SSSR count). The van der Waals surface area contributed by atoms with Crippen LogP contribution in [0.5, 0.6) is 0 Å². The topological polar surface area (TPSA) is 0 Å². The minimum Gasteiger partial charge on any atom is -0.0984 e. The van der Waals surface area contributed by atoms with Crippen molar-refractivity contribution >= 4 is 23.8 Å². The molecule has 1 aromatic rings. The molecule has 0 saturated carbocycles. The van der Waals surface area contributed by atoms with Crippen LogP contribution in [0.2, 0.25) is 5.02 Å². The average Bonchev–Trinajstić information content (AvgIpc) is 2.22. The summed E-state index contributed by atoms with van der Waals surface area (Å²) in [4.78, 5) is 0. The van der Waals surface area contributed by atoms with Gasteiger partial charge in [-0.05, 0) is 24.1 Å². The largest absolute Gasteiger partial charge is 0.0984 e. The first-order valence-corrected chi connectivity index (χ1v) is 5.21. The second kappa shape index (κ2) is 9.54. The van der Waals surface area contributed by atoms with Crippen LogP contribution in [-0.4, -0.2) is 0 Å². The van der Waals surface area contributed by atoms with Crippen LogP contribution < -0.4 is 0 Å². The van der Waals surface area contributed by atoms with E-state index in [4.69, 9.17) is 11.6 Å². The van der Waals surface area contributed by atoms with E-state index in [2.05, 4.69) is 6.58 Å². The van der Waals surface area contributed by atoms with Gasteiger partial charge < -0.3 is 0 Å². The maximum Gasteiger partial charge on any atom is 0.0484 e. The highest BCUT2D eigenvalue weighted by atomic mass is 35.5. The molecule has 0 saturated heterocycles. The number of rotatable bonds is 2. The van der Waals surface area contributed by atoms with Crippen LogP contribution in [0, 0.1) is 0 Å². The fourth-order valence-corrected chi connectivity index (χ4v) is 1.35. The summed E-state index contributed by atoms with van der Waals surface area (Å²) in [5.74, 6) is 0. The number of benzene rings is 1. The summed E-state index contributed by atoms with van der Waals surface area (Å²) in [5.41, 5.74) is 2.11. The molecule has 0 heterocycles. The predicted molar refractivity (Wildman–Crippen MR) is 74.3 cm³/mol. The fourth-order valence-electron chi connectivity index (χ4n) is 1.09. The molecule has 0 aliphatic heterocycles. The average molecular weight is 225 g/mol. The Morgan fingerprint density at radius 2 is 1.87 bits per heavy atom. The first kappa shape index (κ1) is 16.4. The van der Waals surface area contributed by atoms with Gasteiger partial charge in [0.05, 0.1) is 0 Å². The molecule has 0 atom stereocenters. The van der Waals surface area contributed by atoms with E-state index >= 15 is 0 Å². The maximum atomic E-state index is 5.96. The molecule has 0 amide bonds. The molecular weight excluding hydrogens is 204 g/mol. The molecule has 1 heteroatoms. The van der Waals surface area contributed by atoms with Gasteiger partial charge in [0, 0.05) is 5.02 Å². The Morgan fingerprint density at radius 1 is 1.27 bits per heavy atom. The van der Waals surface area contributed by atoms with Gasteiger partial charge >= 0.3 is 0 Å². The van der Waals surface area contributed by atoms with E-state index in [9.17, 15) is 0 Å². The zero-order chi connectivity index (χ0) is 11.0. The van der Waals surface area contributed by atoms with Gasteiger partial charge in [-0.1, -0.05) is 69.8 Å². The number of halogens is 1. The summed E-state index contributed by atoms with van der Waals surface area (Å²) in [6.07, 6.45) is 5.78. The number of hydrogen-bond acceptors (Lipinski definition) is 0. The van der Waals surface area contributed by atoms with Crippen molar-refractivity contribution in [3.63, 3.8) is 0 Å². The second-order valence-electron chi connectivity index (χ2n) is 2.45. The van der Waals surface area contributed by atoms with Crippen LogP contribution in [0.15, 0.2) is 30.9 Å². The molecule has 0 spiro atoms. The first-order valence-electron chi connectivity index (χ1n) is 4.83. The SMILES string of the molecule is C.C=Cc1c(Cl)cccc1/C=C\C.CC. The van der Waals surface area contributed by atoms with Crippen LogP contribution >= 0.6 is 11.6 Å². The van der Waals surface area contributed by atoms with Crippen LogP contribution in [-0.2, 0) is 0 Å². The van der Waals surface area contributed by atoms with Crippen molar-refractivity contribution in [2.24, 2.45) is 0 Å². The summed E-state index contributed by atoms with van der Waals surface area (Å²) in [7, 11) is 0. The van der Waals surface area contributed by atoms with Crippen molar-refractivity contribution in [3.05, 3.63) is 47.0 Å². The highest BCUT2D eigenvalue weighted by Crippen LogP contribution is 2.21. The predicted octanol–water partition coefficient (Wildman–Crippen LogP) is 5.68. The summed E-state index contributed by atoms with van der Waals surface area (Å²) < 4.78 is 0. The first-order chi connectivity index (χ1) is 6.79. The highest BCUT2D eigenvalue weighted by Gasteiger charge is 1.98. The Hall–Kier alpha value is -1.01. The standard InChI is InChI=1S/C11H11Cl.C2H6.CH4/c1-3-6-9-7-5-8-11(12)10(9)4-2;1-2;/h3-8H,2H2,1H3;1-2H3;1H4/b6-3-;;. The number of allylic oxidation sites excluding steroid dienone is 1. The van der Waals surface area contributed by atoms with Crippen molar-refractivity contribution in [2.75, 3.05) is 0 Å². The van der Waals surface area contributed by atoms with E-state index in [1.165, 1.54) is 0 Å². The molecule has 0 fully saturated rings. The molecule has 0 nitrogen and oxygen atoms in total. The Labute approximate surface area is 99.3 Å². The third-order valence-electron chi connectivity index (χ3n) is 1.64. The maximum absolute atomic E-state index is 5.96. The highest BCUT2D eigenvalue weighted by molar-refractivity contribution is 6.32. The quantitative estimate of drug-likeness (QED) is 0.607. The molecular formula is C14H21Cl. The van der Waals surface area contributed by atoms with Gasteiger partial charge in [0.15, 0.2) is 0 Å². The summed E-state index contributed by atoms with van der Waals surface area (Å²) >= 11 is 5.96. The van der Waals surface area contributed by atoms with Crippen molar-refractivity contribution in [2.45, 2.75) is 28.2 Å². The van der Waals surface area contributed by atoms with Gasteiger partial charge in [-0.3, -0.25) is 0 Å². The van der Waals surface area contributed by atoms with E-state index in [0.717, 1.165) is 16.1 Å². The summed E-state index contributed by atoms with van der Waals surface area (Å²) in [6, 6.07) is 5.82. The van der Waals surface area contributed by atoms with Crippen molar-refractivity contribution in [1.29, 1.82) is 0 Å². The molecule has 0 N–H and O–H groups in total. The Morgan fingerprint density at radius 3 is 2.33 bits per heavy atom. The normalized spacial score (nSPS) is 8.80. The Balaban J connectivity index is 0. The third kappa shape index (κ3) is 4.85. The molecule has 0 aromatic heterocycles. The smallest absolute Gasteiger partial charge is 0.0484 e. The van der Waals surface area contributed by atoms with Crippen LogP contribution in [0.3, 0.4) is 0 Å². The molecule has 0 bridgehead atoms. The zero-order valence-electron chi connectivity index (χ0n) is 9.05. The molecule has 0 aliphatic rings. The van der Waals surface area contributed by atoms with Gasteiger partial charge in [0.1, 0.15) is 0 Å². The fraction of sp³-hybridized carbons (Fsp3) is 0.286. The van der Waals surface area contributed by atoms with Crippen molar-refractivity contribution in [1.82, 2.24) is 0 Å². The van der Waals surface area contributed by atoms with E-state index in [1.54, 1.807) is 6.08 Å². The van der Waals surface area contributed by atoms with Gasteiger partial charge in [-0.2, -0.15) is 0 Å². The lowest BCUT2D eigenvalue weighted by atomic mass is 10.1. The summed E-state index contributed by atoms with van der Waals surface area (Å²) in [5, 5.41) is 0.751. The third-order valence-corrected chi connectivity index (χ3v) is 1.97. The summed E-state index contributed by atoms with van der Waals surface area (Å²) in [6.45, 7) is 9.70. The van der Waals surface area contributed by atoms with Gasteiger partial charge in [0.25, 0.3) is 0 Å². The van der Waals surface area contributed by atoms with Crippen molar-refractivity contribution in [3.8, 4) is 0 Å². The number of hydrogen-bond donors (Lipinski definition) is 0. The van der Waals surface area contributed by atoms with E-state index in [1.807, 2.05) is 51.1 Å². The van der Waals surface area contributed by atoms with Crippen LogP contribution in [0.25, 0.3) is 12.2 Å². The molecule has 15 heavy (non-hydrogen) atoms. The van der Waals surface area contributed by atoms with Gasteiger partial charge in [-0.15, -0.1) is 0 Å². The van der Waals surface area contributed by atoms with Gasteiger partial charge in [-0.25, -0.2) is 0 Å². The minimum atomic E-state index is 0. The molecule has 1 aromatic carbocycles. The lowest BCUT2D eigenvalue weighted by Crippen LogP contribution is -1.80. The van der Waals surface area contributed by atoms with Gasteiger partial charge in [0.2, 0.25) is 0 Å². The zero-order valence-corrected chi connectivity index (χ0v) is 9.81. The lowest BCUT2D eigenvalue weighted by Gasteiger charge is -2.01. The Kier molecular flexibility index (Phi) is 10.4. The Bertz CT molecular complexity index is 311. The van der Waals surface area contributed by atoms with E-state index in [0.29, 0.717) is 0 Å². The van der Waals surface area contributed by atoms with Crippen LogP contribution in [0.4, 0.5) is 0 Å². The van der Waals surface area contributed by atoms with Crippen LogP contribution in [0.1, 0.15) is 39.3 Å². The molecule has 0 unspecified atom stereocenters. The minimum absolute atomic E-state index is 0. The second-order valence-corrected chi connectivity index (χ2v) is 2.85. The molecule has 0 aliphatic carbocycles. The molecule has 0 radical (unpaired) electrons. The monoisotopic (exact) mass is 224 g/mol. The van der Waals surface area contributed by atoms with E-state index < -0.39 is 0 Å². The van der Waals surface area contributed by atoms with E-state index in [-0.39, 0.29) is 7.43 Å².